The number of sulfone groups is 1. The molecule has 2 heterocycles. The molecule has 2 aliphatic rings. The molecule has 2 unspecified atom stereocenters. The minimum atomic E-state index is -3.23. The number of nitrogens with one attached hydrogen (secondary N) is 1. The molecule has 2 saturated heterocycles. The third-order valence-corrected chi connectivity index (χ3v) is 7.48. The molecule has 4 amide bonds. The highest BCUT2D eigenvalue weighted by Crippen LogP contribution is 2.31. The Balaban J connectivity index is 1.82. The maximum absolute atomic E-state index is 13.1. The minimum absolute atomic E-state index is 0.00642. The zero-order chi connectivity index (χ0) is 23.8. The largest absolute Gasteiger partial charge is 0.337 e. The average Bonchev–Trinajstić information content (AvgIpc) is 3.17. The first-order valence-electron chi connectivity index (χ1n) is 10.2. The Morgan fingerprint density at radius 3 is 2.62 bits per heavy atom. The second-order valence-corrected chi connectivity index (χ2v) is 11.0. The fourth-order valence-corrected chi connectivity index (χ4v) is 5.79. The lowest BCUT2D eigenvalue weighted by molar-refractivity contribution is -0.385. The van der Waals surface area contributed by atoms with Crippen molar-refractivity contribution in [3.05, 3.63) is 39.9 Å². The van der Waals surface area contributed by atoms with Gasteiger partial charge in [-0.05, 0) is 24.8 Å². The SMILES string of the molecule is CC(C)CN(C(=O)CN1C(=O)NC(C)(c2cccc([N+](=O)[O-])c2)C1=O)C1CCS(=O)(=O)C1. The van der Waals surface area contributed by atoms with Crippen molar-refractivity contribution in [2.45, 2.75) is 38.8 Å². The van der Waals surface area contributed by atoms with Gasteiger partial charge in [-0.1, -0.05) is 26.0 Å². The summed E-state index contributed by atoms with van der Waals surface area (Å²) in [4.78, 5) is 51.5. The van der Waals surface area contributed by atoms with Gasteiger partial charge in [0.05, 0.1) is 16.4 Å². The van der Waals surface area contributed by atoms with Crippen LogP contribution in [0.25, 0.3) is 0 Å². The summed E-state index contributed by atoms with van der Waals surface area (Å²) in [6, 6.07) is 4.09. The van der Waals surface area contributed by atoms with Crippen LogP contribution in [0.2, 0.25) is 0 Å². The van der Waals surface area contributed by atoms with Gasteiger partial charge in [0, 0.05) is 24.7 Å². The molecular formula is C20H26N4O7S. The lowest BCUT2D eigenvalue weighted by atomic mass is 9.91. The molecule has 0 saturated carbocycles. The Hall–Kier alpha value is -3.02. The van der Waals surface area contributed by atoms with Gasteiger partial charge in [0.25, 0.3) is 11.6 Å². The molecule has 0 radical (unpaired) electrons. The van der Waals surface area contributed by atoms with Gasteiger partial charge in [-0.3, -0.25) is 24.6 Å². The zero-order valence-electron chi connectivity index (χ0n) is 18.1. The van der Waals surface area contributed by atoms with Crippen molar-refractivity contribution in [3.8, 4) is 0 Å². The maximum atomic E-state index is 13.1. The predicted molar refractivity (Wildman–Crippen MR) is 114 cm³/mol. The number of non-ortho nitro benzene ring substituents is 1. The maximum Gasteiger partial charge on any atom is 0.325 e. The van der Waals surface area contributed by atoms with Crippen LogP contribution in [-0.4, -0.2) is 71.6 Å². The minimum Gasteiger partial charge on any atom is -0.337 e. The van der Waals surface area contributed by atoms with E-state index in [0.29, 0.717) is 13.0 Å². The van der Waals surface area contributed by atoms with Gasteiger partial charge in [-0.15, -0.1) is 0 Å². The highest BCUT2D eigenvalue weighted by atomic mass is 32.2. The Morgan fingerprint density at radius 2 is 2.06 bits per heavy atom. The first-order chi connectivity index (χ1) is 14.8. The van der Waals surface area contributed by atoms with E-state index in [9.17, 15) is 32.9 Å². The summed E-state index contributed by atoms with van der Waals surface area (Å²) >= 11 is 0. The summed E-state index contributed by atoms with van der Waals surface area (Å²) in [5, 5.41) is 13.6. The highest BCUT2D eigenvalue weighted by Gasteiger charge is 2.50. The van der Waals surface area contributed by atoms with Crippen molar-refractivity contribution >= 4 is 33.4 Å². The number of carbonyl (C=O) groups excluding carboxylic acids is 3. The molecule has 2 fully saturated rings. The van der Waals surface area contributed by atoms with Gasteiger partial charge < -0.3 is 10.2 Å². The van der Waals surface area contributed by atoms with E-state index in [4.69, 9.17) is 0 Å². The van der Waals surface area contributed by atoms with Crippen LogP contribution in [0.4, 0.5) is 10.5 Å². The molecule has 1 aromatic rings. The van der Waals surface area contributed by atoms with Crippen molar-refractivity contribution < 1.29 is 27.7 Å². The Labute approximate surface area is 185 Å². The number of hydrogen-bond acceptors (Lipinski definition) is 7. The molecule has 32 heavy (non-hydrogen) atoms. The highest BCUT2D eigenvalue weighted by molar-refractivity contribution is 7.91. The number of imide groups is 1. The van der Waals surface area contributed by atoms with Crippen molar-refractivity contribution in [2.75, 3.05) is 24.6 Å². The monoisotopic (exact) mass is 466 g/mol. The quantitative estimate of drug-likeness (QED) is 0.359. The van der Waals surface area contributed by atoms with Crippen molar-refractivity contribution in [3.63, 3.8) is 0 Å². The van der Waals surface area contributed by atoms with E-state index in [1.54, 1.807) is 0 Å². The molecule has 0 bridgehead atoms. The van der Waals surface area contributed by atoms with Crippen molar-refractivity contribution in [2.24, 2.45) is 5.92 Å². The third-order valence-electron chi connectivity index (χ3n) is 5.73. The van der Waals surface area contributed by atoms with E-state index in [1.807, 2.05) is 13.8 Å². The van der Waals surface area contributed by atoms with E-state index in [0.717, 1.165) is 4.90 Å². The fourth-order valence-electron chi connectivity index (χ4n) is 4.06. The molecule has 3 rings (SSSR count). The fraction of sp³-hybridized carbons (Fsp3) is 0.550. The number of urea groups is 1. The molecule has 2 aliphatic heterocycles. The van der Waals surface area contributed by atoms with Crippen LogP contribution in [0, 0.1) is 16.0 Å². The summed E-state index contributed by atoms with van der Waals surface area (Å²) in [5.41, 5.74) is -1.57. The number of benzene rings is 1. The van der Waals surface area contributed by atoms with Gasteiger partial charge in [-0.2, -0.15) is 0 Å². The third kappa shape index (κ3) is 4.59. The smallest absolute Gasteiger partial charge is 0.325 e. The average molecular weight is 467 g/mol. The molecule has 0 spiro atoms. The standard InChI is InChI=1S/C20H26N4O7S/c1-13(2)10-22(16-7-8-32(30,31)12-16)17(25)11-23-18(26)20(3,21-19(23)27)14-5-4-6-15(9-14)24(28)29/h4-6,9,13,16H,7-8,10-12H2,1-3H3,(H,21,27). The topological polar surface area (TPSA) is 147 Å². The van der Waals surface area contributed by atoms with E-state index in [1.165, 1.54) is 36.1 Å². The van der Waals surface area contributed by atoms with Crippen molar-refractivity contribution in [1.82, 2.24) is 15.1 Å². The number of carbonyl (C=O) groups is 3. The van der Waals surface area contributed by atoms with Gasteiger partial charge >= 0.3 is 6.03 Å². The molecule has 0 aliphatic carbocycles. The number of rotatable bonds is 7. The van der Waals surface area contributed by atoms with Gasteiger partial charge in [-0.25, -0.2) is 13.2 Å². The van der Waals surface area contributed by atoms with Crippen LogP contribution in [0.5, 0.6) is 0 Å². The van der Waals surface area contributed by atoms with Crippen LogP contribution in [0.1, 0.15) is 32.8 Å². The summed E-state index contributed by atoms with van der Waals surface area (Å²) in [5.74, 6) is -1.32. The number of hydrogen-bond donors (Lipinski definition) is 1. The first-order valence-corrected chi connectivity index (χ1v) is 12.0. The molecule has 2 atom stereocenters. The van der Waals surface area contributed by atoms with Gasteiger partial charge in [0.2, 0.25) is 5.91 Å². The Morgan fingerprint density at radius 1 is 1.38 bits per heavy atom. The van der Waals surface area contributed by atoms with Crippen molar-refractivity contribution in [1.29, 1.82) is 0 Å². The number of nitro benzene ring substituents is 1. The number of nitro groups is 1. The lowest BCUT2D eigenvalue weighted by Crippen LogP contribution is -2.49. The van der Waals surface area contributed by atoms with E-state index >= 15 is 0 Å². The summed E-state index contributed by atoms with van der Waals surface area (Å²) < 4.78 is 23.8. The molecular weight excluding hydrogens is 440 g/mol. The Kier molecular flexibility index (Phi) is 6.27. The number of amides is 4. The van der Waals surface area contributed by atoms with E-state index in [2.05, 4.69) is 5.32 Å². The zero-order valence-corrected chi connectivity index (χ0v) is 18.9. The first kappa shape index (κ1) is 23.6. The summed E-state index contributed by atoms with van der Waals surface area (Å²) in [6.07, 6.45) is 0.312. The van der Waals surface area contributed by atoms with Crippen LogP contribution in [0.3, 0.4) is 0 Å². The molecule has 1 N–H and O–H groups in total. The van der Waals surface area contributed by atoms with Gasteiger partial charge in [0.1, 0.15) is 12.1 Å². The van der Waals surface area contributed by atoms with Crippen LogP contribution in [-0.2, 0) is 25.0 Å². The normalized spacial score (nSPS) is 24.6. The van der Waals surface area contributed by atoms with Crippen LogP contribution >= 0.6 is 0 Å². The molecule has 11 nitrogen and oxygen atoms in total. The van der Waals surface area contributed by atoms with E-state index < -0.39 is 50.7 Å². The summed E-state index contributed by atoms with van der Waals surface area (Å²) in [7, 11) is -3.23. The molecule has 174 valence electrons. The lowest BCUT2D eigenvalue weighted by Gasteiger charge is -2.31. The van der Waals surface area contributed by atoms with E-state index in [-0.39, 0.29) is 28.7 Å². The molecule has 1 aromatic carbocycles. The van der Waals surface area contributed by atoms with Crippen LogP contribution in [0.15, 0.2) is 24.3 Å². The molecule has 0 aromatic heterocycles. The van der Waals surface area contributed by atoms with Gasteiger partial charge in [0.15, 0.2) is 9.84 Å². The van der Waals surface area contributed by atoms with Crippen LogP contribution < -0.4 is 5.32 Å². The molecule has 12 heteroatoms. The number of nitrogens with zero attached hydrogens (tertiary/aromatic N) is 3. The second-order valence-electron chi connectivity index (χ2n) is 8.75. The predicted octanol–water partition coefficient (Wildman–Crippen LogP) is 1.03. The Bertz CT molecular complexity index is 1070. The summed E-state index contributed by atoms with van der Waals surface area (Å²) in [6.45, 7) is 4.95. The second kappa shape index (κ2) is 8.49.